The third kappa shape index (κ3) is 3.54. The molecule has 0 spiro atoms. The number of tetrazole rings is 1. The van der Waals surface area contributed by atoms with Gasteiger partial charge in [-0.25, -0.2) is 4.79 Å². The van der Waals surface area contributed by atoms with Crippen molar-refractivity contribution in [3.8, 4) is 0 Å². The van der Waals surface area contributed by atoms with E-state index in [-0.39, 0.29) is 12.5 Å². The lowest BCUT2D eigenvalue weighted by atomic mass is 10.1. The summed E-state index contributed by atoms with van der Waals surface area (Å²) >= 11 is 0. The summed E-state index contributed by atoms with van der Waals surface area (Å²) < 4.78 is 10.3. The summed E-state index contributed by atoms with van der Waals surface area (Å²) in [4.78, 5) is 12.9. The number of hydrogen-bond donors (Lipinski definition) is 1. The lowest BCUT2D eigenvalue weighted by molar-refractivity contribution is -0.152. The van der Waals surface area contributed by atoms with Gasteiger partial charge in [-0.05, 0) is 36.1 Å². The highest BCUT2D eigenvalue weighted by molar-refractivity contribution is 5.76. The van der Waals surface area contributed by atoms with Crippen LogP contribution in [0.15, 0.2) is 24.3 Å². The van der Waals surface area contributed by atoms with E-state index in [2.05, 4.69) is 27.5 Å². The maximum absolute atomic E-state index is 11.8. The van der Waals surface area contributed by atoms with Crippen LogP contribution in [-0.2, 0) is 32.6 Å². The van der Waals surface area contributed by atoms with Gasteiger partial charge in [0.15, 0.2) is 5.82 Å². The first-order chi connectivity index (χ1) is 12.0. The molecule has 0 aliphatic heterocycles. The Morgan fingerprint density at radius 3 is 2.60 bits per heavy atom. The Morgan fingerprint density at radius 2 is 2.00 bits per heavy atom. The normalized spacial score (nSPS) is 16.6. The van der Waals surface area contributed by atoms with Gasteiger partial charge in [0, 0.05) is 13.0 Å². The summed E-state index contributed by atoms with van der Waals surface area (Å²) in [7, 11) is 1.56. The molecule has 0 radical (unpaired) electrons. The SMILES string of the molecule is COCCOCC(C)(C(=O)O)n1nnc(C2Cc3ccccc3C2)n1. The van der Waals surface area contributed by atoms with Crippen molar-refractivity contribution in [2.75, 3.05) is 26.9 Å². The van der Waals surface area contributed by atoms with E-state index in [0.29, 0.717) is 19.0 Å². The zero-order chi connectivity index (χ0) is 17.9. The Bertz CT molecular complexity index is 723. The van der Waals surface area contributed by atoms with Gasteiger partial charge in [0.05, 0.1) is 19.8 Å². The molecule has 1 N–H and O–H groups in total. The number of hydrogen-bond acceptors (Lipinski definition) is 6. The largest absolute Gasteiger partial charge is 0.479 e. The van der Waals surface area contributed by atoms with Crippen molar-refractivity contribution in [2.24, 2.45) is 0 Å². The second-order valence-corrected chi connectivity index (χ2v) is 6.44. The summed E-state index contributed by atoms with van der Waals surface area (Å²) in [6, 6.07) is 8.24. The Hall–Kier alpha value is -2.32. The van der Waals surface area contributed by atoms with Crippen molar-refractivity contribution in [3.63, 3.8) is 0 Å². The van der Waals surface area contributed by atoms with Gasteiger partial charge in [-0.1, -0.05) is 24.3 Å². The standard InChI is InChI=1S/C17H22N4O4/c1-17(16(22)23,11-25-8-7-24-2)21-19-15(18-20-21)14-9-12-5-3-4-6-13(12)10-14/h3-6,14H,7-11H2,1-2H3,(H,22,23). The molecule has 0 bridgehead atoms. The number of aliphatic carboxylic acids is 1. The second-order valence-electron chi connectivity index (χ2n) is 6.44. The Balaban J connectivity index is 1.74. The number of nitrogens with zero attached hydrogens (tertiary/aromatic N) is 4. The van der Waals surface area contributed by atoms with Crippen LogP contribution in [0.25, 0.3) is 0 Å². The fraction of sp³-hybridized carbons (Fsp3) is 0.529. The molecular formula is C17H22N4O4. The quantitative estimate of drug-likeness (QED) is 0.712. The molecule has 134 valence electrons. The fourth-order valence-electron chi connectivity index (χ4n) is 2.96. The molecule has 8 heteroatoms. The van der Waals surface area contributed by atoms with E-state index < -0.39 is 11.5 Å². The van der Waals surface area contributed by atoms with E-state index in [1.54, 1.807) is 7.11 Å². The first-order valence-corrected chi connectivity index (χ1v) is 8.22. The number of rotatable bonds is 8. The van der Waals surface area contributed by atoms with E-state index >= 15 is 0 Å². The number of carboxylic acid groups (broad SMARTS) is 1. The average Bonchev–Trinajstić information content (AvgIpc) is 3.24. The van der Waals surface area contributed by atoms with E-state index in [0.717, 1.165) is 17.6 Å². The zero-order valence-corrected chi connectivity index (χ0v) is 14.4. The minimum atomic E-state index is -1.41. The lowest BCUT2D eigenvalue weighted by Gasteiger charge is -2.22. The molecule has 0 fully saturated rings. The van der Waals surface area contributed by atoms with Crippen LogP contribution in [0.4, 0.5) is 0 Å². The number of methoxy groups -OCH3 is 1. The smallest absolute Gasteiger partial charge is 0.335 e. The van der Waals surface area contributed by atoms with E-state index in [1.807, 2.05) is 12.1 Å². The predicted molar refractivity (Wildman–Crippen MR) is 88.4 cm³/mol. The molecule has 0 saturated carbocycles. The Labute approximate surface area is 145 Å². The molecule has 1 heterocycles. The number of aromatic nitrogens is 4. The zero-order valence-electron chi connectivity index (χ0n) is 14.4. The molecule has 1 atom stereocenters. The molecule has 2 aromatic rings. The Morgan fingerprint density at radius 1 is 1.32 bits per heavy atom. The molecular weight excluding hydrogens is 324 g/mol. The molecule has 8 nitrogen and oxygen atoms in total. The fourth-order valence-corrected chi connectivity index (χ4v) is 2.96. The van der Waals surface area contributed by atoms with Crippen molar-refractivity contribution in [1.82, 2.24) is 20.2 Å². The Kier molecular flexibility index (Phi) is 5.10. The van der Waals surface area contributed by atoms with Gasteiger partial charge in [-0.3, -0.25) is 0 Å². The minimum absolute atomic E-state index is 0.0631. The molecule has 25 heavy (non-hydrogen) atoms. The van der Waals surface area contributed by atoms with Crippen LogP contribution in [0.3, 0.4) is 0 Å². The summed E-state index contributed by atoms with van der Waals surface area (Å²) in [5.41, 5.74) is 1.16. The molecule has 0 amide bonds. The summed E-state index contributed by atoms with van der Waals surface area (Å²) in [6.45, 7) is 2.16. The maximum atomic E-state index is 11.8. The van der Waals surface area contributed by atoms with Crippen LogP contribution < -0.4 is 0 Å². The number of benzene rings is 1. The van der Waals surface area contributed by atoms with Crippen LogP contribution in [0.5, 0.6) is 0 Å². The number of ether oxygens (including phenoxy) is 2. The van der Waals surface area contributed by atoms with Gasteiger partial charge < -0.3 is 14.6 Å². The van der Waals surface area contributed by atoms with E-state index in [4.69, 9.17) is 9.47 Å². The van der Waals surface area contributed by atoms with Crippen LogP contribution >= 0.6 is 0 Å². The minimum Gasteiger partial charge on any atom is -0.479 e. The first-order valence-electron chi connectivity index (χ1n) is 8.22. The molecule has 1 aliphatic carbocycles. The number of carbonyl (C=O) groups is 1. The lowest BCUT2D eigenvalue weighted by Crippen LogP contribution is -2.45. The maximum Gasteiger partial charge on any atom is 0.335 e. The van der Waals surface area contributed by atoms with Gasteiger partial charge >= 0.3 is 5.97 Å². The molecule has 1 aliphatic rings. The van der Waals surface area contributed by atoms with Crippen LogP contribution in [0.2, 0.25) is 0 Å². The van der Waals surface area contributed by atoms with Crippen molar-refractivity contribution in [3.05, 3.63) is 41.2 Å². The van der Waals surface area contributed by atoms with Gasteiger partial charge in [0.2, 0.25) is 5.54 Å². The van der Waals surface area contributed by atoms with Gasteiger partial charge in [0.1, 0.15) is 0 Å². The van der Waals surface area contributed by atoms with Crippen molar-refractivity contribution in [2.45, 2.75) is 31.2 Å². The molecule has 1 aromatic carbocycles. The van der Waals surface area contributed by atoms with Gasteiger partial charge in [-0.2, -0.15) is 0 Å². The summed E-state index contributed by atoms with van der Waals surface area (Å²) in [5, 5.41) is 22.1. The molecule has 1 aromatic heterocycles. The average molecular weight is 346 g/mol. The third-order valence-corrected chi connectivity index (χ3v) is 4.56. The van der Waals surface area contributed by atoms with Crippen molar-refractivity contribution >= 4 is 5.97 Å². The number of fused-ring (bicyclic) bond motifs is 1. The molecule has 1 unspecified atom stereocenters. The van der Waals surface area contributed by atoms with E-state index in [1.165, 1.54) is 18.1 Å². The topological polar surface area (TPSA) is 99.4 Å². The highest BCUT2D eigenvalue weighted by Crippen LogP contribution is 2.32. The summed E-state index contributed by atoms with van der Waals surface area (Å²) in [6.07, 6.45) is 1.69. The molecule has 0 saturated heterocycles. The second kappa shape index (κ2) is 7.28. The predicted octanol–water partition coefficient (Wildman–Crippen LogP) is 1.02. The molecule has 3 rings (SSSR count). The third-order valence-electron chi connectivity index (χ3n) is 4.56. The van der Waals surface area contributed by atoms with Crippen molar-refractivity contribution < 1.29 is 19.4 Å². The van der Waals surface area contributed by atoms with Crippen LogP contribution in [-0.4, -0.2) is 58.2 Å². The summed E-state index contributed by atoms with van der Waals surface area (Å²) in [5.74, 6) is -0.372. The van der Waals surface area contributed by atoms with Gasteiger partial charge in [0.25, 0.3) is 0 Å². The van der Waals surface area contributed by atoms with Crippen LogP contribution in [0.1, 0.15) is 29.8 Å². The van der Waals surface area contributed by atoms with Crippen molar-refractivity contribution in [1.29, 1.82) is 0 Å². The number of carboxylic acids is 1. The van der Waals surface area contributed by atoms with E-state index in [9.17, 15) is 9.90 Å². The highest BCUT2D eigenvalue weighted by Gasteiger charge is 2.39. The first kappa shape index (κ1) is 17.5. The van der Waals surface area contributed by atoms with Gasteiger partial charge in [-0.15, -0.1) is 15.0 Å². The monoisotopic (exact) mass is 346 g/mol. The highest BCUT2D eigenvalue weighted by atomic mass is 16.5. The van der Waals surface area contributed by atoms with Crippen LogP contribution in [0, 0.1) is 0 Å².